The number of likely N-dealkylation sites (tertiary alicyclic amines) is 1. The van der Waals surface area contributed by atoms with E-state index in [2.05, 4.69) is 5.48 Å². The fraction of sp³-hybridized carbons (Fsp3) is 0.344. The van der Waals surface area contributed by atoms with Crippen molar-refractivity contribution in [3.05, 3.63) is 106 Å². The van der Waals surface area contributed by atoms with Gasteiger partial charge in [0, 0.05) is 23.7 Å². The molecule has 3 amide bonds. The number of rotatable bonds is 6. The predicted molar refractivity (Wildman–Crippen MR) is 155 cm³/mol. The van der Waals surface area contributed by atoms with Gasteiger partial charge in [-0.1, -0.05) is 72.3 Å². The van der Waals surface area contributed by atoms with E-state index in [-0.39, 0.29) is 24.5 Å². The maximum atomic E-state index is 14.1. The van der Waals surface area contributed by atoms with Gasteiger partial charge in [-0.05, 0) is 62.1 Å². The number of hydrogen-bond acceptors (Lipinski definition) is 5. The summed E-state index contributed by atoms with van der Waals surface area (Å²) in [6.07, 6.45) is 0.132. The molecule has 9 heteroatoms. The van der Waals surface area contributed by atoms with Crippen molar-refractivity contribution in [3.63, 3.8) is 0 Å². The molecule has 2 aliphatic heterocycles. The number of hydrogen-bond donors (Lipinski definition) is 1. The summed E-state index contributed by atoms with van der Waals surface area (Å²) in [6, 6.07) is 22.9. The molecule has 0 spiro atoms. The van der Waals surface area contributed by atoms with Crippen LogP contribution in [0.15, 0.2) is 78.9 Å². The van der Waals surface area contributed by atoms with Crippen LogP contribution in [0.5, 0.6) is 0 Å². The van der Waals surface area contributed by atoms with Gasteiger partial charge >= 0.3 is 6.09 Å². The Morgan fingerprint density at radius 2 is 1.66 bits per heavy atom. The summed E-state index contributed by atoms with van der Waals surface area (Å²) in [5.41, 5.74) is 4.76. The molecule has 5 rings (SSSR count). The number of nitrogens with zero attached hydrogens (tertiary/aromatic N) is 2. The predicted octanol–water partition coefficient (Wildman–Crippen LogP) is 5.88. The van der Waals surface area contributed by atoms with Gasteiger partial charge in [0.15, 0.2) is 0 Å². The van der Waals surface area contributed by atoms with Crippen LogP contribution in [0.4, 0.5) is 4.79 Å². The Balaban J connectivity index is 1.49. The highest BCUT2D eigenvalue weighted by Gasteiger charge is 2.48. The molecule has 8 nitrogen and oxygen atoms in total. The summed E-state index contributed by atoms with van der Waals surface area (Å²) < 4.78 is 5.59. The number of carbonyl (C=O) groups is 3. The van der Waals surface area contributed by atoms with E-state index in [1.54, 1.807) is 34.1 Å². The molecular formula is C32H34ClN3O5. The lowest BCUT2D eigenvalue weighted by Crippen LogP contribution is -2.52. The first kappa shape index (κ1) is 28.6. The molecule has 0 aromatic heterocycles. The number of halogens is 1. The second kappa shape index (κ2) is 11.9. The van der Waals surface area contributed by atoms with Gasteiger partial charge in [-0.3, -0.25) is 14.4 Å². The molecule has 1 N–H and O–H groups in total. The zero-order chi connectivity index (χ0) is 29.1. The largest absolute Gasteiger partial charge is 0.444 e. The number of amides is 3. The first-order valence-electron chi connectivity index (χ1n) is 13.7. The standard InChI is InChI=1S/C32H34ClN3O5/c1-32(2,3)41-31(39)35-18-17-24(19-35)36-28(22-13-15-23(33)16-14-22)27(25-11-7-8-12-26(25)30(36)38)29(37)34-40-20-21-9-5-4-6-10-21/h4-16,24,27-28H,17-20H2,1-3H3,(H,34,37)/t24-,27?,28?/m0/s1. The maximum Gasteiger partial charge on any atom is 0.410 e. The number of fused-ring (bicyclic) bond motifs is 1. The van der Waals surface area contributed by atoms with Gasteiger partial charge in [0.2, 0.25) is 0 Å². The second-order valence-corrected chi connectivity index (χ2v) is 11.8. The van der Waals surface area contributed by atoms with E-state index in [0.29, 0.717) is 35.7 Å². The van der Waals surface area contributed by atoms with Crippen molar-refractivity contribution >= 4 is 29.5 Å². The molecule has 1 fully saturated rings. The molecule has 3 atom stereocenters. The molecule has 0 radical (unpaired) electrons. The summed E-state index contributed by atoms with van der Waals surface area (Å²) in [7, 11) is 0. The van der Waals surface area contributed by atoms with Gasteiger partial charge in [-0.2, -0.15) is 0 Å². The number of hydroxylamine groups is 1. The number of carbonyl (C=O) groups excluding carboxylic acids is 3. The Labute approximate surface area is 245 Å². The van der Waals surface area contributed by atoms with E-state index in [1.807, 2.05) is 75.4 Å². The first-order chi connectivity index (χ1) is 19.6. The van der Waals surface area contributed by atoms with Gasteiger partial charge in [0.05, 0.1) is 24.6 Å². The first-order valence-corrected chi connectivity index (χ1v) is 14.1. The number of nitrogens with one attached hydrogen (secondary N) is 1. The minimum absolute atomic E-state index is 0.189. The van der Waals surface area contributed by atoms with Crippen LogP contribution in [0, 0.1) is 0 Å². The molecule has 2 aliphatic rings. The lowest BCUT2D eigenvalue weighted by atomic mass is 9.78. The van der Waals surface area contributed by atoms with Crippen LogP contribution in [0.1, 0.15) is 66.2 Å². The Morgan fingerprint density at radius 1 is 0.976 bits per heavy atom. The fourth-order valence-electron chi connectivity index (χ4n) is 5.54. The lowest BCUT2D eigenvalue weighted by molar-refractivity contribution is -0.138. The van der Waals surface area contributed by atoms with Crippen LogP contribution in [-0.4, -0.2) is 52.4 Å². The SMILES string of the molecule is CC(C)(C)OC(=O)N1CC[C@H](N2C(=O)c3ccccc3C(C(=O)NOCc3ccccc3)C2c2ccc(Cl)cc2)C1. The molecule has 0 saturated carbocycles. The number of benzene rings is 3. The lowest BCUT2D eigenvalue weighted by Gasteiger charge is -2.44. The van der Waals surface area contributed by atoms with Crippen molar-refractivity contribution in [3.8, 4) is 0 Å². The van der Waals surface area contributed by atoms with Crippen molar-refractivity contribution in [2.75, 3.05) is 13.1 Å². The summed E-state index contributed by atoms with van der Waals surface area (Å²) in [5, 5.41) is 0.548. The Kier molecular flexibility index (Phi) is 8.33. The maximum absolute atomic E-state index is 14.1. The van der Waals surface area contributed by atoms with Crippen LogP contribution in [0.2, 0.25) is 5.02 Å². The molecule has 2 unspecified atom stereocenters. The number of ether oxygens (including phenoxy) is 1. The fourth-order valence-corrected chi connectivity index (χ4v) is 5.67. The van der Waals surface area contributed by atoms with Crippen LogP contribution in [0.3, 0.4) is 0 Å². The second-order valence-electron chi connectivity index (χ2n) is 11.4. The molecule has 0 aliphatic carbocycles. The third-order valence-electron chi connectivity index (χ3n) is 7.33. The van der Waals surface area contributed by atoms with E-state index in [0.717, 1.165) is 11.1 Å². The van der Waals surface area contributed by atoms with E-state index in [4.69, 9.17) is 21.2 Å². The van der Waals surface area contributed by atoms with Gasteiger partial charge in [0.1, 0.15) is 5.60 Å². The monoisotopic (exact) mass is 575 g/mol. The highest BCUT2D eigenvalue weighted by molar-refractivity contribution is 6.30. The van der Waals surface area contributed by atoms with E-state index in [1.165, 1.54) is 0 Å². The van der Waals surface area contributed by atoms with Crippen LogP contribution in [0.25, 0.3) is 0 Å². The topological polar surface area (TPSA) is 88.2 Å². The molecule has 1 saturated heterocycles. The highest BCUT2D eigenvalue weighted by Crippen LogP contribution is 2.45. The van der Waals surface area contributed by atoms with Crippen molar-refractivity contribution in [2.24, 2.45) is 0 Å². The summed E-state index contributed by atoms with van der Waals surface area (Å²) in [6.45, 7) is 6.40. The summed E-state index contributed by atoms with van der Waals surface area (Å²) in [4.78, 5) is 49.9. The normalized spacial score (nSPS) is 20.5. The van der Waals surface area contributed by atoms with Crippen LogP contribution >= 0.6 is 11.6 Å². The smallest absolute Gasteiger partial charge is 0.410 e. The van der Waals surface area contributed by atoms with Gasteiger partial charge in [-0.25, -0.2) is 10.3 Å². The van der Waals surface area contributed by atoms with E-state index >= 15 is 0 Å². The molecular weight excluding hydrogens is 542 g/mol. The van der Waals surface area contributed by atoms with Gasteiger partial charge in [0.25, 0.3) is 11.8 Å². The zero-order valence-electron chi connectivity index (χ0n) is 23.4. The summed E-state index contributed by atoms with van der Waals surface area (Å²) in [5.74, 6) is -1.32. The van der Waals surface area contributed by atoms with Crippen LogP contribution in [-0.2, 0) is 21.0 Å². The Morgan fingerprint density at radius 3 is 2.37 bits per heavy atom. The van der Waals surface area contributed by atoms with Crippen LogP contribution < -0.4 is 5.48 Å². The van der Waals surface area contributed by atoms with Gasteiger partial charge in [-0.15, -0.1) is 0 Å². The minimum atomic E-state index is -0.767. The molecule has 3 aromatic carbocycles. The Hall–Kier alpha value is -3.88. The van der Waals surface area contributed by atoms with Crippen molar-refractivity contribution in [1.82, 2.24) is 15.3 Å². The molecule has 41 heavy (non-hydrogen) atoms. The van der Waals surface area contributed by atoms with Gasteiger partial charge < -0.3 is 14.5 Å². The minimum Gasteiger partial charge on any atom is -0.444 e. The van der Waals surface area contributed by atoms with E-state index in [9.17, 15) is 14.4 Å². The zero-order valence-corrected chi connectivity index (χ0v) is 24.1. The average molecular weight is 576 g/mol. The summed E-state index contributed by atoms with van der Waals surface area (Å²) >= 11 is 6.22. The van der Waals surface area contributed by atoms with E-state index < -0.39 is 23.7 Å². The molecule has 3 aromatic rings. The third-order valence-corrected chi connectivity index (χ3v) is 7.59. The van der Waals surface area contributed by atoms with Crippen molar-refractivity contribution in [2.45, 2.75) is 57.4 Å². The third kappa shape index (κ3) is 6.39. The molecule has 214 valence electrons. The quantitative estimate of drug-likeness (QED) is 0.371. The van der Waals surface area contributed by atoms with Crippen molar-refractivity contribution in [1.29, 1.82) is 0 Å². The molecule has 0 bridgehead atoms. The average Bonchev–Trinajstić information content (AvgIpc) is 3.43. The van der Waals surface area contributed by atoms with Crippen molar-refractivity contribution < 1.29 is 24.0 Å². The Bertz CT molecular complexity index is 1410. The molecule has 2 heterocycles. The highest BCUT2D eigenvalue weighted by atomic mass is 35.5.